The monoisotopic (exact) mass is 238 g/mol. The van der Waals surface area contributed by atoms with Gasteiger partial charge in [0.1, 0.15) is 6.26 Å². The van der Waals surface area contributed by atoms with Crippen LogP contribution in [0.4, 0.5) is 0 Å². The van der Waals surface area contributed by atoms with Gasteiger partial charge in [-0.2, -0.15) is 0 Å². The van der Waals surface area contributed by atoms with Crippen LogP contribution < -0.4 is 0 Å². The van der Waals surface area contributed by atoms with E-state index in [0.717, 1.165) is 37.6 Å². The number of aryl methyl sites for hydroxylation is 1. The minimum Gasteiger partial charge on any atom is -0.481 e. The van der Waals surface area contributed by atoms with Crippen molar-refractivity contribution in [2.75, 3.05) is 19.6 Å². The van der Waals surface area contributed by atoms with Crippen LogP contribution in [0.1, 0.15) is 37.3 Å². The molecular weight excluding hydrogens is 220 g/mol. The van der Waals surface area contributed by atoms with E-state index >= 15 is 0 Å². The highest BCUT2D eigenvalue weighted by atomic mass is 16.4. The third kappa shape index (κ3) is 3.06. The van der Waals surface area contributed by atoms with Gasteiger partial charge in [-0.1, -0.05) is 6.92 Å². The fourth-order valence-corrected chi connectivity index (χ4v) is 2.18. The molecule has 1 saturated heterocycles. The number of aromatic nitrogens is 1. The number of likely N-dealkylation sites (tertiary alicyclic amines) is 1. The van der Waals surface area contributed by atoms with Crippen molar-refractivity contribution in [3.8, 4) is 0 Å². The first-order valence-electron chi connectivity index (χ1n) is 6.07. The Kier molecular flexibility index (Phi) is 3.78. The zero-order valence-corrected chi connectivity index (χ0v) is 10.1. The molecule has 0 aliphatic carbocycles. The maximum atomic E-state index is 10.5. The number of carboxylic acid groups (broad SMARTS) is 1. The number of oxazole rings is 1. The lowest BCUT2D eigenvalue weighted by Gasteiger charge is -2.10. The van der Waals surface area contributed by atoms with Crippen LogP contribution in [-0.4, -0.2) is 40.6 Å². The number of hydrogen-bond acceptors (Lipinski definition) is 4. The van der Waals surface area contributed by atoms with E-state index in [1.54, 1.807) is 6.26 Å². The van der Waals surface area contributed by atoms with Gasteiger partial charge >= 0.3 is 5.97 Å². The number of rotatable bonds is 5. The van der Waals surface area contributed by atoms with Gasteiger partial charge in [0.15, 0.2) is 5.89 Å². The maximum absolute atomic E-state index is 10.5. The highest BCUT2D eigenvalue weighted by Crippen LogP contribution is 2.26. The molecule has 0 bridgehead atoms. The Labute approximate surface area is 100 Å². The molecular formula is C12H18N2O3. The van der Waals surface area contributed by atoms with Gasteiger partial charge in [0, 0.05) is 18.9 Å². The summed E-state index contributed by atoms with van der Waals surface area (Å²) in [4.78, 5) is 17.2. The summed E-state index contributed by atoms with van der Waals surface area (Å²) in [5.41, 5.74) is 0.748. The van der Waals surface area contributed by atoms with E-state index in [-0.39, 0.29) is 6.42 Å². The second-order valence-electron chi connectivity index (χ2n) is 4.45. The summed E-state index contributed by atoms with van der Waals surface area (Å²) in [6, 6.07) is 0. The van der Waals surface area contributed by atoms with Crippen LogP contribution in [0.15, 0.2) is 10.7 Å². The van der Waals surface area contributed by atoms with Crippen molar-refractivity contribution >= 4 is 5.97 Å². The predicted octanol–water partition coefficient (Wildman–Crippen LogP) is 1.50. The normalized spacial score (nSPS) is 20.9. The van der Waals surface area contributed by atoms with Crippen molar-refractivity contribution in [2.24, 2.45) is 0 Å². The second kappa shape index (κ2) is 5.31. The first-order chi connectivity index (χ1) is 8.19. The van der Waals surface area contributed by atoms with E-state index in [1.807, 2.05) is 0 Å². The summed E-state index contributed by atoms with van der Waals surface area (Å²) in [5, 5.41) is 8.59. The van der Waals surface area contributed by atoms with E-state index in [2.05, 4.69) is 16.8 Å². The predicted molar refractivity (Wildman–Crippen MR) is 61.9 cm³/mol. The van der Waals surface area contributed by atoms with Gasteiger partial charge < -0.3 is 14.4 Å². The molecule has 1 aliphatic rings. The quantitative estimate of drug-likeness (QED) is 0.842. The van der Waals surface area contributed by atoms with E-state index in [0.29, 0.717) is 12.3 Å². The van der Waals surface area contributed by atoms with Crippen LogP contribution in [0.2, 0.25) is 0 Å². The fourth-order valence-electron chi connectivity index (χ4n) is 2.18. The Morgan fingerprint density at radius 3 is 3.18 bits per heavy atom. The molecule has 2 rings (SSSR count). The number of carbonyl (C=O) groups is 1. The second-order valence-corrected chi connectivity index (χ2v) is 4.45. The van der Waals surface area contributed by atoms with E-state index in [1.165, 1.54) is 0 Å². The highest BCUT2D eigenvalue weighted by Gasteiger charge is 2.26. The molecule has 0 amide bonds. The first-order valence-corrected chi connectivity index (χ1v) is 6.07. The maximum Gasteiger partial charge on any atom is 0.303 e. The SMILES string of the molecule is CCN1CCC(c2nc(CCC(=O)O)co2)C1. The Hall–Kier alpha value is -1.36. The van der Waals surface area contributed by atoms with Crippen LogP contribution in [-0.2, 0) is 11.2 Å². The van der Waals surface area contributed by atoms with Gasteiger partial charge in [0.2, 0.25) is 0 Å². The minimum atomic E-state index is -0.799. The van der Waals surface area contributed by atoms with Gasteiger partial charge in [-0.05, 0) is 19.5 Å². The van der Waals surface area contributed by atoms with Crippen molar-refractivity contribution in [1.29, 1.82) is 0 Å². The molecule has 17 heavy (non-hydrogen) atoms. The molecule has 94 valence electrons. The zero-order valence-electron chi connectivity index (χ0n) is 10.1. The van der Waals surface area contributed by atoms with Crippen LogP contribution in [0.25, 0.3) is 0 Å². The van der Waals surface area contributed by atoms with E-state index < -0.39 is 5.97 Å². The Morgan fingerprint density at radius 2 is 2.53 bits per heavy atom. The molecule has 1 aromatic heterocycles. The Bertz CT molecular complexity index is 389. The number of hydrogen-bond donors (Lipinski definition) is 1. The molecule has 1 fully saturated rings. The Balaban J connectivity index is 1.92. The highest BCUT2D eigenvalue weighted by molar-refractivity contribution is 5.66. The summed E-state index contributed by atoms with van der Waals surface area (Å²) in [7, 11) is 0. The van der Waals surface area contributed by atoms with Crippen LogP contribution in [0.5, 0.6) is 0 Å². The smallest absolute Gasteiger partial charge is 0.303 e. The van der Waals surface area contributed by atoms with Crippen molar-refractivity contribution in [1.82, 2.24) is 9.88 Å². The molecule has 0 radical (unpaired) electrons. The lowest BCUT2D eigenvalue weighted by atomic mass is 10.1. The number of carboxylic acids is 1. The number of aliphatic carboxylic acids is 1. The molecule has 0 aromatic carbocycles. The summed E-state index contributed by atoms with van der Waals surface area (Å²) >= 11 is 0. The molecule has 0 saturated carbocycles. The van der Waals surface area contributed by atoms with Crippen molar-refractivity contribution in [2.45, 2.75) is 32.1 Å². The fraction of sp³-hybridized carbons (Fsp3) is 0.667. The lowest BCUT2D eigenvalue weighted by molar-refractivity contribution is -0.136. The summed E-state index contributed by atoms with van der Waals surface area (Å²) in [6.07, 6.45) is 3.22. The lowest BCUT2D eigenvalue weighted by Crippen LogP contribution is -2.19. The van der Waals surface area contributed by atoms with Crippen molar-refractivity contribution in [3.05, 3.63) is 17.8 Å². The largest absolute Gasteiger partial charge is 0.481 e. The van der Waals surface area contributed by atoms with Crippen molar-refractivity contribution < 1.29 is 14.3 Å². The van der Waals surface area contributed by atoms with Crippen molar-refractivity contribution in [3.63, 3.8) is 0 Å². The standard InChI is InChI=1S/C12H18N2O3/c1-2-14-6-5-9(7-14)12-13-10(8-17-12)3-4-11(15)16/h8-9H,2-7H2,1H3,(H,15,16). The van der Waals surface area contributed by atoms with Gasteiger partial charge in [0.05, 0.1) is 12.1 Å². The van der Waals surface area contributed by atoms with Crippen LogP contribution in [0.3, 0.4) is 0 Å². The topological polar surface area (TPSA) is 66.6 Å². The van der Waals surface area contributed by atoms with Gasteiger partial charge in [-0.3, -0.25) is 4.79 Å². The average molecular weight is 238 g/mol. The molecule has 1 N–H and O–H groups in total. The molecule has 1 unspecified atom stereocenters. The zero-order chi connectivity index (χ0) is 12.3. The summed E-state index contributed by atoms with van der Waals surface area (Å²) in [5.74, 6) is 0.336. The third-order valence-corrected chi connectivity index (χ3v) is 3.23. The van der Waals surface area contributed by atoms with E-state index in [4.69, 9.17) is 9.52 Å². The summed E-state index contributed by atoms with van der Waals surface area (Å²) in [6.45, 7) is 5.29. The van der Waals surface area contributed by atoms with Gasteiger partial charge in [-0.15, -0.1) is 0 Å². The average Bonchev–Trinajstić information content (AvgIpc) is 2.94. The Morgan fingerprint density at radius 1 is 1.71 bits per heavy atom. The molecule has 0 spiro atoms. The molecule has 1 aromatic rings. The van der Waals surface area contributed by atoms with Gasteiger partial charge in [-0.25, -0.2) is 4.98 Å². The third-order valence-electron chi connectivity index (χ3n) is 3.23. The van der Waals surface area contributed by atoms with E-state index in [9.17, 15) is 4.79 Å². The first kappa shape index (κ1) is 12.1. The number of nitrogens with zero attached hydrogens (tertiary/aromatic N) is 2. The minimum absolute atomic E-state index is 0.109. The molecule has 1 aliphatic heterocycles. The summed E-state index contributed by atoms with van der Waals surface area (Å²) < 4.78 is 5.44. The number of likely N-dealkylation sites (N-methyl/N-ethyl adjacent to an activating group) is 1. The van der Waals surface area contributed by atoms with Crippen LogP contribution in [0, 0.1) is 0 Å². The molecule has 1 atom stereocenters. The molecule has 5 heteroatoms. The van der Waals surface area contributed by atoms with Crippen LogP contribution >= 0.6 is 0 Å². The van der Waals surface area contributed by atoms with Gasteiger partial charge in [0.25, 0.3) is 0 Å². The molecule has 2 heterocycles. The molecule has 5 nitrogen and oxygen atoms in total.